The Morgan fingerprint density at radius 3 is 1.03 bits per heavy atom. The van der Waals surface area contributed by atoms with Gasteiger partial charge in [0.2, 0.25) is 5.28 Å². The van der Waals surface area contributed by atoms with E-state index in [0.29, 0.717) is 29.1 Å². The van der Waals surface area contributed by atoms with Gasteiger partial charge < -0.3 is 18.1 Å². The SMILES string of the molecule is C.CC1(C)OB(c2cccc3c(-c4cccc5oc6ccccc6c45)cccc23)OC1(C)C.Clc1nc(-c2ccccc2)nc(C2(c3ccccc3)c3ccccc3-c3ccccc32)n1.c1ccc(-c2nc(-c3cccc4c(-c5cccc6oc7ccccc7c56)cccc34)nc(C3(c4ccccc4)c4ccccc4-c4ccccc43)n2)cc1. The molecule has 1 saturated heterocycles. The Hall–Kier alpha value is -14.1. The van der Waals surface area contributed by atoms with Crippen molar-refractivity contribution in [2.45, 2.75) is 57.2 Å². The number of para-hydroxylation sites is 2. The molecule has 570 valence electrons. The summed E-state index contributed by atoms with van der Waals surface area (Å²) in [6, 6.07) is 131. The average Bonchev–Trinajstić information content (AvgIpc) is 1.54. The van der Waals surface area contributed by atoms with Crippen LogP contribution in [-0.2, 0) is 20.1 Å². The van der Waals surface area contributed by atoms with Crippen molar-refractivity contribution in [3.8, 4) is 78.7 Å². The van der Waals surface area contributed by atoms with Gasteiger partial charge in [-0.05, 0) is 168 Å². The summed E-state index contributed by atoms with van der Waals surface area (Å²) in [5.74, 6) is 3.15. The second-order valence-electron chi connectivity index (χ2n) is 31.3. The maximum Gasteiger partial charge on any atom is 0.495 e. The highest BCUT2D eigenvalue weighted by Crippen LogP contribution is 2.58. The molecule has 12 heteroatoms. The third-order valence-corrected chi connectivity index (χ3v) is 24.5. The normalized spacial score (nSPS) is 14.2. The van der Waals surface area contributed by atoms with E-state index < -0.39 is 17.9 Å². The summed E-state index contributed by atoms with van der Waals surface area (Å²) in [5.41, 5.74) is 21.4. The van der Waals surface area contributed by atoms with Gasteiger partial charge in [-0.1, -0.05) is 359 Å². The van der Waals surface area contributed by atoms with Crippen LogP contribution in [0.25, 0.3) is 144 Å². The first kappa shape index (κ1) is 73.8. The van der Waals surface area contributed by atoms with Crippen LogP contribution in [0.4, 0.5) is 0 Å². The monoisotopic (exact) mass is 1560 g/mol. The minimum absolute atomic E-state index is 0. The number of hydrogen-bond acceptors (Lipinski definition) is 10. The smallest absolute Gasteiger partial charge is 0.456 e. The van der Waals surface area contributed by atoms with Crippen molar-refractivity contribution in [2.75, 3.05) is 0 Å². The van der Waals surface area contributed by atoms with E-state index in [-0.39, 0.29) is 23.9 Å². The van der Waals surface area contributed by atoms with E-state index in [0.717, 1.165) is 127 Å². The zero-order valence-corrected chi connectivity index (χ0v) is 65.8. The molecule has 1 fully saturated rings. The fourth-order valence-corrected chi connectivity index (χ4v) is 18.5. The summed E-state index contributed by atoms with van der Waals surface area (Å²) in [5, 5.41) is 9.20. The van der Waals surface area contributed by atoms with Gasteiger partial charge in [0.05, 0.1) is 11.2 Å². The van der Waals surface area contributed by atoms with Crippen molar-refractivity contribution in [1.29, 1.82) is 0 Å². The van der Waals surface area contributed by atoms with Gasteiger partial charge in [0.15, 0.2) is 29.1 Å². The standard InChI is InChI=1S/C50H31N3O.C28H25BO3.C28H18ClN3.CH4/c1-3-16-32(17-4-1)47-51-48(53-49(52-47)50(33-18-5-2-6-19-33)42-28-10-7-20-37(42)38-21-8-11-29-43(38)50)40-27-14-23-34-35(24-13-25-36(34)40)39-26-15-31-45-46(39)41-22-9-12-30-44(41)54-45;1-27(2)28(3,4)32-29(31-27)23-15-8-12-18-19(11-7-13-20(18)23)21-14-9-17-25-26(21)22-10-5-6-16-24(22)30-25;29-27-31-25(19-11-3-1-4-12-19)30-26(32-27)28(20-13-5-2-6-14-20)23-17-9-7-15-21(23)22-16-8-10-18-24(22)28;/h1-31H;5-17H,1-4H3;1-18H;1H4. The van der Waals surface area contributed by atoms with Crippen molar-refractivity contribution in [3.05, 3.63) is 426 Å². The fourth-order valence-electron chi connectivity index (χ4n) is 18.3. The Balaban J connectivity index is 0.000000121. The summed E-state index contributed by atoms with van der Waals surface area (Å²) in [6.45, 7) is 8.37. The lowest BCUT2D eigenvalue weighted by molar-refractivity contribution is 0.00578. The molecule has 16 aromatic carbocycles. The topological polar surface area (TPSA) is 122 Å². The predicted octanol–water partition coefficient (Wildman–Crippen LogP) is 26.2. The predicted molar refractivity (Wildman–Crippen MR) is 485 cm³/mol. The molecule has 20 aromatic rings. The van der Waals surface area contributed by atoms with Gasteiger partial charge in [0.25, 0.3) is 0 Å². The molecule has 0 saturated carbocycles. The first-order valence-corrected chi connectivity index (χ1v) is 40.3. The molecular weight excluding hydrogens is 1480 g/mol. The van der Waals surface area contributed by atoms with E-state index in [9.17, 15) is 0 Å². The van der Waals surface area contributed by atoms with Crippen molar-refractivity contribution in [3.63, 3.8) is 0 Å². The summed E-state index contributed by atoms with van der Waals surface area (Å²) in [4.78, 5) is 30.5. The molecule has 0 radical (unpaired) electrons. The van der Waals surface area contributed by atoms with Crippen molar-refractivity contribution < 1.29 is 18.1 Å². The van der Waals surface area contributed by atoms with Crippen molar-refractivity contribution >= 4 is 89.6 Å². The van der Waals surface area contributed by atoms with Gasteiger partial charge in [-0.15, -0.1) is 0 Å². The van der Waals surface area contributed by atoms with Gasteiger partial charge in [-0.3, -0.25) is 0 Å². The molecule has 23 rings (SSSR count). The van der Waals surface area contributed by atoms with E-state index in [2.05, 4.69) is 324 Å². The number of fused-ring (bicyclic) bond motifs is 14. The Labute approximate surface area is 695 Å². The van der Waals surface area contributed by atoms with Gasteiger partial charge in [0.1, 0.15) is 33.2 Å². The number of halogens is 1. The van der Waals surface area contributed by atoms with E-state index in [1.54, 1.807) is 0 Å². The van der Waals surface area contributed by atoms with Gasteiger partial charge in [-0.2, -0.15) is 4.98 Å². The average molecular weight is 1560 g/mol. The third kappa shape index (κ3) is 12.1. The first-order valence-electron chi connectivity index (χ1n) is 39.9. The zero-order valence-electron chi connectivity index (χ0n) is 65.1. The van der Waals surface area contributed by atoms with E-state index in [1.165, 1.54) is 38.8 Å². The minimum atomic E-state index is -0.774. The molecule has 3 aliphatic rings. The molecule has 119 heavy (non-hydrogen) atoms. The summed E-state index contributed by atoms with van der Waals surface area (Å²) < 4.78 is 25.2. The van der Waals surface area contributed by atoms with Crippen molar-refractivity contribution in [1.82, 2.24) is 29.9 Å². The molecule has 0 spiro atoms. The molecule has 0 bridgehead atoms. The maximum atomic E-state index is 6.52. The number of hydrogen-bond donors (Lipinski definition) is 0. The maximum absolute atomic E-state index is 6.52. The minimum Gasteiger partial charge on any atom is -0.456 e. The second-order valence-corrected chi connectivity index (χ2v) is 31.6. The summed E-state index contributed by atoms with van der Waals surface area (Å²) in [7, 11) is -0.399. The Kier molecular flexibility index (Phi) is 18.3. The molecule has 1 aliphatic heterocycles. The lowest BCUT2D eigenvalue weighted by Gasteiger charge is -2.32. The quantitative estimate of drug-likeness (QED) is 0.122. The molecule has 0 N–H and O–H groups in total. The van der Waals surface area contributed by atoms with Gasteiger partial charge in [-0.25, -0.2) is 24.9 Å². The molecule has 4 aromatic heterocycles. The largest absolute Gasteiger partial charge is 0.495 e. The molecule has 0 amide bonds. The van der Waals surface area contributed by atoms with Crippen LogP contribution in [0.15, 0.2) is 385 Å². The molecule has 0 atom stereocenters. The highest BCUT2D eigenvalue weighted by Gasteiger charge is 2.53. The molecule has 2 aliphatic carbocycles. The lowest BCUT2D eigenvalue weighted by atomic mass is 9.71. The summed E-state index contributed by atoms with van der Waals surface area (Å²) >= 11 is 6.52. The molecular formula is C107H78BClN6O4. The van der Waals surface area contributed by atoms with Crippen LogP contribution in [-0.4, -0.2) is 48.2 Å². The van der Waals surface area contributed by atoms with Crippen LogP contribution in [0, 0.1) is 0 Å². The molecule has 10 nitrogen and oxygen atoms in total. The molecule has 5 heterocycles. The van der Waals surface area contributed by atoms with Gasteiger partial charge >= 0.3 is 7.12 Å². The van der Waals surface area contributed by atoms with Gasteiger partial charge in [0, 0.05) is 38.2 Å². The van der Waals surface area contributed by atoms with E-state index in [4.69, 9.17) is 54.7 Å². The number of rotatable bonds is 10. The van der Waals surface area contributed by atoms with Crippen molar-refractivity contribution in [2.24, 2.45) is 0 Å². The van der Waals surface area contributed by atoms with E-state index >= 15 is 0 Å². The highest BCUT2D eigenvalue weighted by atomic mass is 35.5. The number of furan rings is 2. The first-order chi connectivity index (χ1) is 57.9. The Morgan fingerprint density at radius 1 is 0.252 bits per heavy atom. The Bertz CT molecular complexity index is 7210. The van der Waals surface area contributed by atoms with Crippen LogP contribution < -0.4 is 5.46 Å². The van der Waals surface area contributed by atoms with Crippen LogP contribution in [0.3, 0.4) is 0 Å². The number of aromatic nitrogens is 6. The van der Waals surface area contributed by atoms with Crippen LogP contribution in [0.5, 0.6) is 0 Å². The fraction of sp³-hybridized carbons (Fsp3) is 0.0841. The highest BCUT2D eigenvalue weighted by molar-refractivity contribution is 6.65. The number of nitrogens with zero attached hydrogens (tertiary/aromatic N) is 6. The molecule has 0 unspecified atom stereocenters. The second kappa shape index (κ2) is 29.6. The van der Waals surface area contributed by atoms with Crippen LogP contribution in [0.1, 0.15) is 80.2 Å². The summed E-state index contributed by atoms with van der Waals surface area (Å²) in [6.07, 6.45) is 0. The lowest BCUT2D eigenvalue weighted by Crippen LogP contribution is -2.41. The third-order valence-electron chi connectivity index (χ3n) is 24.3. The van der Waals surface area contributed by atoms with Crippen LogP contribution in [0.2, 0.25) is 5.28 Å². The van der Waals surface area contributed by atoms with E-state index in [1.807, 2.05) is 84.9 Å². The zero-order chi connectivity index (χ0) is 79.3. The van der Waals surface area contributed by atoms with Crippen LogP contribution >= 0.6 is 11.6 Å². The number of benzene rings is 16. The Morgan fingerprint density at radius 2 is 0.563 bits per heavy atom.